The standard InChI is InChI=1S/C21H17BrCl2N2O3/c1-29-19-8-15(7-17(22)20(19)27)21(28)26(11-13-3-2-6-25-10-13)12-14-4-5-16(23)9-18(14)24/h2-10,27H,11-12H2,1H3. The highest BCUT2D eigenvalue weighted by atomic mass is 79.9. The molecule has 8 heteroatoms. The Labute approximate surface area is 187 Å². The number of nitrogens with zero attached hydrogens (tertiary/aromatic N) is 2. The zero-order valence-electron chi connectivity index (χ0n) is 15.4. The van der Waals surface area contributed by atoms with Crippen LogP contribution in [0.15, 0.2) is 59.3 Å². The molecule has 0 aliphatic carbocycles. The van der Waals surface area contributed by atoms with Crippen molar-refractivity contribution in [1.29, 1.82) is 0 Å². The van der Waals surface area contributed by atoms with E-state index >= 15 is 0 Å². The fraction of sp³-hybridized carbons (Fsp3) is 0.143. The van der Waals surface area contributed by atoms with Crippen molar-refractivity contribution in [3.8, 4) is 11.5 Å². The lowest BCUT2D eigenvalue weighted by atomic mass is 10.1. The van der Waals surface area contributed by atoms with Gasteiger partial charge in [-0.3, -0.25) is 9.78 Å². The molecule has 0 bridgehead atoms. The summed E-state index contributed by atoms with van der Waals surface area (Å²) in [5, 5.41) is 11.0. The van der Waals surface area contributed by atoms with Gasteiger partial charge in [-0.2, -0.15) is 0 Å². The van der Waals surface area contributed by atoms with Gasteiger partial charge in [0.2, 0.25) is 0 Å². The molecule has 3 aromatic rings. The largest absolute Gasteiger partial charge is 0.503 e. The van der Waals surface area contributed by atoms with Crippen LogP contribution < -0.4 is 4.74 Å². The van der Waals surface area contributed by atoms with E-state index in [0.717, 1.165) is 11.1 Å². The van der Waals surface area contributed by atoms with Gasteiger partial charge < -0.3 is 14.7 Å². The molecule has 0 unspecified atom stereocenters. The van der Waals surface area contributed by atoms with E-state index in [9.17, 15) is 9.90 Å². The molecule has 0 fully saturated rings. The SMILES string of the molecule is COc1cc(C(=O)N(Cc2cccnc2)Cc2ccc(Cl)cc2Cl)cc(Br)c1O. The zero-order valence-corrected chi connectivity index (χ0v) is 18.5. The number of rotatable bonds is 6. The Bertz CT molecular complexity index is 1030. The highest BCUT2D eigenvalue weighted by Crippen LogP contribution is 2.36. The highest BCUT2D eigenvalue weighted by molar-refractivity contribution is 9.10. The second-order valence-corrected chi connectivity index (χ2v) is 7.97. The molecule has 150 valence electrons. The van der Waals surface area contributed by atoms with E-state index in [2.05, 4.69) is 20.9 Å². The number of hydrogen-bond donors (Lipinski definition) is 1. The van der Waals surface area contributed by atoms with Crippen LogP contribution in [-0.4, -0.2) is 28.0 Å². The molecule has 1 heterocycles. The molecule has 0 spiro atoms. The first-order chi connectivity index (χ1) is 13.9. The number of ether oxygens (including phenoxy) is 1. The zero-order chi connectivity index (χ0) is 21.0. The number of halogens is 3. The number of benzene rings is 2. The van der Waals surface area contributed by atoms with Gasteiger partial charge in [0, 0.05) is 41.1 Å². The molecular weight excluding hydrogens is 479 g/mol. The molecule has 3 rings (SSSR count). The van der Waals surface area contributed by atoms with Gasteiger partial charge in [-0.25, -0.2) is 0 Å². The molecule has 0 saturated heterocycles. The number of hydrogen-bond acceptors (Lipinski definition) is 4. The Hall–Kier alpha value is -2.28. The number of aromatic nitrogens is 1. The van der Waals surface area contributed by atoms with Crippen LogP contribution in [0.25, 0.3) is 0 Å². The maximum absolute atomic E-state index is 13.3. The lowest BCUT2D eigenvalue weighted by Crippen LogP contribution is -2.30. The first-order valence-electron chi connectivity index (χ1n) is 8.57. The summed E-state index contributed by atoms with van der Waals surface area (Å²) in [4.78, 5) is 19.1. The van der Waals surface area contributed by atoms with E-state index in [1.165, 1.54) is 13.2 Å². The molecule has 0 aliphatic rings. The lowest BCUT2D eigenvalue weighted by molar-refractivity contribution is 0.0729. The highest BCUT2D eigenvalue weighted by Gasteiger charge is 2.21. The number of phenols is 1. The summed E-state index contributed by atoms with van der Waals surface area (Å²) in [7, 11) is 1.43. The molecule has 2 aromatic carbocycles. The van der Waals surface area contributed by atoms with E-state index in [1.807, 2.05) is 12.1 Å². The molecule has 29 heavy (non-hydrogen) atoms. The smallest absolute Gasteiger partial charge is 0.254 e. The molecular formula is C21H17BrCl2N2O3. The van der Waals surface area contributed by atoms with Crippen LogP contribution in [0.2, 0.25) is 10.0 Å². The van der Waals surface area contributed by atoms with Gasteiger partial charge in [0.15, 0.2) is 11.5 Å². The van der Waals surface area contributed by atoms with E-state index in [1.54, 1.807) is 41.6 Å². The van der Waals surface area contributed by atoms with E-state index in [4.69, 9.17) is 27.9 Å². The number of amides is 1. The maximum Gasteiger partial charge on any atom is 0.254 e. The van der Waals surface area contributed by atoms with Gasteiger partial charge in [-0.05, 0) is 57.4 Å². The van der Waals surface area contributed by atoms with Crippen molar-refractivity contribution < 1.29 is 14.6 Å². The van der Waals surface area contributed by atoms with Crippen LogP contribution in [0.1, 0.15) is 21.5 Å². The molecule has 5 nitrogen and oxygen atoms in total. The normalized spacial score (nSPS) is 10.6. The van der Waals surface area contributed by atoms with Crippen LogP contribution in [-0.2, 0) is 13.1 Å². The third-order valence-corrected chi connectivity index (χ3v) is 5.45. The summed E-state index contributed by atoms with van der Waals surface area (Å²) in [6.07, 6.45) is 3.38. The van der Waals surface area contributed by atoms with E-state index in [0.29, 0.717) is 26.6 Å². The number of carbonyl (C=O) groups is 1. The third kappa shape index (κ3) is 5.21. The van der Waals surface area contributed by atoms with Crippen LogP contribution in [0.5, 0.6) is 11.5 Å². The summed E-state index contributed by atoms with van der Waals surface area (Å²) in [6, 6.07) is 11.9. The molecule has 0 radical (unpaired) electrons. The minimum atomic E-state index is -0.251. The topological polar surface area (TPSA) is 62.7 Å². The van der Waals surface area contributed by atoms with Crippen LogP contribution in [0, 0.1) is 0 Å². The van der Waals surface area contributed by atoms with Gasteiger partial charge in [0.05, 0.1) is 11.6 Å². The predicted molar refractivity (Wildman–Crippen MR) is 117 cm³/mol. The van der Waals surface area contributed by atoms with Crippen molar-refractivity contribution in [2.75, 3.05) is 7.11 Å². The molecule has 0 saturated carbocycles. The Balaban J connectivity index is 1.97. The van der Waals surface area contributed by atoms with Crippen molar-refractivity contribution in [3.05, 3.63) is 86.1 Å². The van der Waals surface area contributed by atoms with Gasteiger partial charge >= 0.3 is 0 Å². The molecule has 1 amide bonds. The summed E-state index contributed by atoms with van der Waals surface area (Å²) in [5.74, 6) is -0.115. The second-order valence-electron chi connectivity index (χ2n) is 6.27. The fourth-order valence-electron chi connectivity index (χ4n) is 2.80. The fourth-order valence-corrected chi connectivity index (χ4v) is 3.71. The first kappa shape index (κ1) is 21.4. The minimum absolute atomic E-state index is 0.0661. The first-order valence-corrected chi connectivity index (χ1v) is 10.1. The summed E-state index contributed by atoms with van der Waals surface area (Å²) in [5.41, 5.74) is 1.99. The molecule has 1 N–H and O–H groups in total. The average molecular weight is 496 g/mol. The van der Waals surface area contributed by atoms with Crippen molar-refractivity contribution in [2.24, 2.45) is 0 Å². The van der Waals surface area contributed by atoms with Crippen molar-refractivity contribution in [3.63, 3.8) is 0 Å². The maximum atomic E-state index is 13.3. The molecule has 0 aliphatic heterocycles. The molecule has 1 aromatic heterocycles. The van der Waals surface area contributed by atoms with Crippen LogP contribution >= 0.6 is 39.1 Å². The summed E-state index contributed by atoms with van der Waals surface area (Å²) in [6.45, 7) is 0.594. The monoisotopic (exact) mass is 494 g/mol. The summed E-state index contributed by atoms with van der Waals surface area (Å²) >= 11 is 15.6. The van der Waals surface area contributed by atoms with Gasteiger partial charge in [-0.15, -0.1) is 0 Å². The lowest BCUT2D eigenvalue weighted by Gasteiger charge is -2.24. The van der Waals surface area contributed by atoms with Crippen LogP contribution in [0.4, 0.5) is 0 Å². The number of phenolic OH excluding ortho intramolecular Hbond substituents is 1. The van der Waals surface area contributed by atoms with Gasteiger partial charge in [-0.1, -0.05) is 35.3 Å². The van der Waals surface area contributed by atoms with Crippen molar-refractivity contribution >= 4 is 45.0 Å². The third-order valence-electron chi connectivity index (χ3n) is 4.26. The van der Waals surface area contributed by atoms with Crippen molar-refractivity contribution in [2.45, 2.75) is 13.1 Å². The average Bonchev–Trinajstić information content (AvgIpc) is 2.71. The number of aromatic hydroxyl groups is 1. The number of carbonyl (C=O) groups excluding carboxylic acids is 1. The Morgan fingerprint density at radius 2 is 2.00 bits per heavy atom. The van der Waals surface area contributed by atoms with Crippen molar-refractivity contribution in [1.82, 2.24) is 9.88 Å². The Morgan fingerprint density at radius 3 is 2.66 bits per heavy atom. The quantitative estimate of drug-likeness (QED) is 0.475. The Morgan fingerprint density at radius 1 is 1.21 bits per heavy atom. The van der Waals surface area contributed by atoms with Crippen LogP contribution in [0.3, 0.4) is 0 Å². The predicted octanol–water partition coefficient (Wildman–Crippen LogP) is 5.71. The second kappa shape index (κ2) is 9.48. The number of methoxy groups -OCH3 is 1. The summed E-state index contributed by atoms with van der Waals surface area (Å²) < 4.78 is 5.54. The molecule has 0 atom stereocenters. The van der Waals surface area contributed by atoms with E-state index in [-0.39, 0.29) is 24.0 Å². The minimum Gasteiger partial charge on any atom is -0.503 e. The number of pyridine rings is 1. The van der Waals surface area contributed by atoms with Gasteiger partial charge in [0.25, 0.3) is 5.91 Å². The van der Waals surface area contributed by atoms with E-state index < -0.39 is 0 Å². The van der Waals surface area contributed by atoms with Gasteiger partial charge in [0.1, 0.15) is 0 Å². The Kier molecular flexibility index (Phi) is 7.00.